The third kappa shape index (κ3) is 5.58. The summed E-state index contributed by atoms with van der Waals surface area (Å²) >= 11 is 1.34. The van der Waals surface area contributed by atoms with Crippen molar-refractivity contribution in [2.45, 2.75) is 5.03 Å². The summed E-state index contributed by atoms with van der Waals surface area (Å²) < 4.78 is 5.11. The van der Waals surface area contributed by atoms with Crippen molar-refractivity contribution in [2.75, 3.05) is 31.8 Å². The van der Waals surface area contributed by atoms with Gasteiger partial charge < -0.3 is 15.0 Å². The molecule has 24 heavy (non-hydrogen) atoms. The van der Waals surface area contributed by atoms with Crippen molar-refractivity contribution in [2.24, 2.45) is 0 Å². The molecule has 0 aliphatic rings. The average molecular weight is 345 g/mol. The number of hydrogen-bond acceptors (Lipinski definition) is 5. The third-order valence-electron chi connectivity index (χ3n) is 3.14. The first-order chi connectivity index (χ1) is 11.6. The first kappa shape index (κ1) is 17.8. The Bertz CT molecular complexity index is 694. The molecule has 1 heterocycles. The Morgan fingerprint density at radius 2 is 2.08 bits per heavy atom. The van der Waals surface area contributed by atoms with Crippen LogP contribution < -0.4 is 10.1 Å². The highest BCUT2D eigenvalue weighted by Gasteiger charge is 2.14. The van der Waals surface area contributed by atoms with E-state index in [0.29, 0.717) is 11.4 Å². The highest BCUT2D eigenvalue weighted by atomic mass is 32.2. The lowest BCUT2D eigenvalue weighted by molar-refractivity contribution is -0.131. The monoisotopic (exact) mass is 345 g/mol. The molecule has 0 aliphatic carbocycles. The van der Waals surface area contributed by atoms with E-state index in [1.54, 1.807) is 44.6 Å². The highest BCUT2D eigenvalue weighted by Crippen LogP contribution is 2.17. The van der Waals surface area contributed by atoms with Crippen LogP contribution in [0.3, 0.4) is 0 Å². The number of nitrogens with one attached hydrogen (secondary N) is 1. The van der Waals surface area contributed by atoms with Crippen molar-refractivity contribution in [1.82, 2.24) is 9.88 Å². The number of carbonyl (C=O) groups is 2. The van der Waals surface area contributed by atoms with Crippen LogP contribution in [0, 0.1) is 0 Å². The summed E-state index contributed by atoms with van der Waals surface area (Å²) in [4.78, 5) is 29.7. The lowest BCUT2D eigenvalue weighted by Gasteiger charge is -2.16. The fourth-order valence-electron chi connectivity index (χ4n) is 1.88. The molecule has 2 amide bonds. The van der Waals surface area contributed by atoms with Crippen molar-refractivity contribution in [3.05, 3.63) is 48.7 Å². The van der Waals surface area contributed by atoms with E-state index >= 15 is 0 Å². The minimum Gasteiger partial charge on any atom is -0.497 e. The second-order valence-electron chi connectivity index (χ2n) is 4.99. The van der Waals surface area contributed by atoms with Crippen LogP contribution in [0.15, 0.2) is 53.7 Å². The van der Waals surface area contributed by atoms with Gasteiger partial charge in [0, 0.05) is 25.0 Å². The highest BCUT2D eigenvalue weighted by molar-refractivity contribution is 7.99. The van der Waals surface area contributed by atoms with Crippen LogP contribution in [-0.2, 0) is 9.59 Å². The van der Waals surface area contributed by atoms with Gasteiger partial charge in [-0.1, -0.05) is 23.9 Å². The SMILES string of the molecule is COc1cccc(NC(=O)CN(C)C(=O)CSc2ccccn2)c1. The predicted molar refractivity (Wildman–Crippen MR) is 94.2 cm³/mol. The zero-order chi connectivity index (χ0) is 17.4. The number of anilines is 1. The van der Waals surface area contributed by atoms with Gasteiger partial charge in [-0.3, -0.25) is 9.59 Å². The van der Waals surface area contributed by atoms with Gasteiger partial charge in [0.25, 0.3) is 0 Å². The molecule has 0 unspecified atom stereocenters. The molecule has 0 saturated heterocycles. The first-order valence-corrected chi connectivity index (χ1v) is 8.29. The van der Waals surface area contributed by atoms with Crippen LogP contribution in [0.1, 0.15) is 0 Å². The van der Waals surface area contributed by atoms with Crippen molar-refractivity contribution in [3.8, 4) is 5.75 Å². The lowest BCUT2D eigenvalue weighted by atomic mass is 10.3. The molecule has 0 fully saturated rings. The number of rotatable bonds is 7. The van der Waals surface area contributed by atoms with E-state index < -0.39 is 0 Å². The van der Waals surface area contributed by atoms with Gasteiger partial charge in [-0.05, 0) is 24.3 Å². The summed E-state index contributed by atoms with van der Waals surface area (Å²) in [6.45, 7) is -0.0151. The molecule has 0 radical (unpaired) electrons. The third-order valence-corrected chi connectivity index (χ3v) is 4.07. The van der Waals surface area contributed by atoms with E-state index in [1.165, 1.54) is 16.7 Å². The van der Waals surface area contributed by atoms with Gasteiger partial charge in [0.2, 0.25) is 11.8 Å². The van der Waals surface area contributed by atoms with Gasteiger partial charge in [0.15, 0.2) is 0 Å². The van der Waals surface area contributed by atoms with Crippen LogP contribution in [0.25, 0.3) is 0 Å². The molecule has 6 nitrogen and oxygen atoms in total. The van der Waals surface area contributed by atoms with Gasteiger partial charge in [0.05, 0.1) is 24.4 Å². The standard InChI is InChI=1S/C17H19N3O3S/c1-20(17(22)12-24-16-8-3-4-9-18-16)11-15(21)19-13-6-5-7-14(10-13)23-2/h3-10H,11-12H2,1-2H3,(H,19,21). The zero-order valence-corrected chi connectivity index (χ0v) is 14.4. The Morgan fingerprint density at radius 1 is 1.25 bits per heavy atom. The summed E-state index contributed by atoms with van der Waals surface area (Å²) in [5.74, 6) is 0.498. The van der Waals surface area contributed by atoms with Gasteiger partial charge in [0.1, 0.15) is 5.75 Å². The molecule has 1 aromatic carbocycles. The lowest BCUT2D eigenvalue weighted by Crippen LogP contribution is -2.35. The van der Waals surface area contributed by atoms with E-state index in [4.69, 9.17) is 4.74 Å². The minimum atomic E-state index is -0.262. The molecule has 1 N–H and O–H groups in total. The van der Waals surface area contributed by atoms with Gasteiger partial charge in [-0.15, -0.1) is 0 Å². The van der Waals surface area contributed by atoms with Crippen molar-refractivity contribution in [3.63, 3.8) is 0 Å². The van der Waals surface area contributed by atoms with Crippen LogP contribution in [0.2, 0.25) is 0 Å². The quantitative estimate of drug-likeness (QED) is 0.780. The smallest absolute Gasteiger partial charge is 0.243 e. The molecule has 2 aromatic rings. The number of amides is 2. The molecule has 0 saturated carbocycles. The maximum atomic E-state index is 12.1. The first-order valence-electron chi connectivity index (χ1n) is 7.30. The number of pyridine rings is 1. The number of thioether (sulfide) groups is 1. The summed E-state index contributed by atoms with van der Waals surface area (Å²) in [7, 11) is 3.17. The largest absolute Gasteiger partial charge is 0.497 e. The Kier molecular flexibility index (Phi) is 6.62. The Labute approximate surface area is 145 Å². The second kappa shape index (κ2) is 8.93. The summed E-state index contributed by atoms with van der Waals surface area (Å²) in [6.07, 6.45) is 1.68. The number of ether oxygens (including phenoxy) is 1. The van der Waals surface area contributed by atoms with Crippen molar-refractivity contribution >= 4 is 29.3 Å². The number of hydrogen-bond donors (Lipinski definition) is 1. The summed E-state index contributed by atoms with van der Waals surface area (Å²) in [5, 5.41) is 3.52. The normalized spacial score (nSPS) is 10.1. The molecule has 0 spiro atoms. The number of carbonyl (C=O) groups excluding carboxylic acids is 2. The topological polar surface area (TPSA) is 71.5 Å². The molecule has 1 aromatic heterocycles. The fourth-order valence-corrected chi connectivity index (χ4v) is 2.69. The van der Waals surface area contributed by atoms with E-state index in [9.17, 15) is 9.59 Å². The van der Waals surface area contributed by atoms with Crippen LogP contribution >= 0.6 is 11.8 Å². The van der Waals surface area contributed by atoms with Crippen LogP contribution in [0.4, 0.5) is 5.69 Å². The maximum Gasteiger partial charge on any atom is 0.243 e. The van der Waals surface area contributed by atoms with E-state index in [1.807, 2.05) is 18.2 Å². The molecule has 0 atom stereocenters. The molecular weight excluding hydrogens is 326 g/mol. The van der Waals surface area contributed by atoms with Crippen molar-refractivity contribution in [1.29, 1.82) is 0 Å². The Balaban J connectivity index is 1.80. The molecule has 0 bridgehead atoms. The second-order valence-corrected chi connectivity index (χ2v) is 5.98. The van der Waals surface area contributed by atoms with E-state index in [0.717, 1.165) is 5.03 Å². The Hall–Kier alpha value is -2.54. The number of benzene rings is 1. The number of aromatic nitrogens is 1. The van der Waals surface area contributed by atoms with Crippen molar-refractivity contribution < 1.29 is 14.3 Å². The van der Waals surface area contributed by atoms with E-state index in [2.05, 4.69) is 10.3 Å². The molecule has 126 valence electrons. The molecule has 2 rings (SSSR count). The molecule has 0 aliphatic heterocycles. The van der Waals surface area contributed by atoms with Crippen LogP contribution in [-0.4, -0.2) is 48.2 Å². The number of likely N-dealkylation sites (N-methyl/N-ethyl adjacent to an activating group) is 1. The predicted octanol–water partition coefficient (Wildman–Crippen LogP) is 2.28. The average Bonchev–Trinajstić information content (AvgIpc) is 2.60. The minimum absolute atomic E-state index is 0.0151. The molecular formula is C17H19N3O3S. The molecule has 7 heteroatoms. The van der Waals surface area contributed by atoms with Gasteiger partial charge >= 0.3 is 0 Å². The zero-order valence-electron chi connectivity index (χ0n) is 13.6. The summed E-state index contributed by atoms with van der Waals surface area (Å²) in [6, 6.07) is 12.6. The maximum absolute atomic E-state index is 12.1. The Morgan fingerprint density at radius 3 is 2.79 bits per heavy atom. The van der Waals surface area contributed by atoms with Crippen LogP contribution in [0.5, 0.6) is 5.75 Å². The van der Waals surface area contributed by atoms with Gasteiger partial charge in [-0.2, -0.15) is 0 Å². The fraction of sp³-hybridized carbons (Fsp3) is 0.235. The number of methoxy groups -OCH3 is 1. The van der Waals surface area contributed by atoms with E-state index in [-0.39, 0.29) is 24.1 Å². The van der Waals surface area contributed by atoms with Gasteiger partial charge in [-0.25, -0.2) is 4.98 Å². The summed E-state index contributed by atoms with van der Waals surface area (Å²) in [5.41, 5.74) is 0.628. The number of nitrogens with zero attached hydrogens (tertiary/aromatic N) is 2.